The Bertz CT molecular complexity index is 913. The molecule has 1 amide bonds. The first-order chi connectivity index (χ1) is 12.3. The van der Waals surface area contributed by atoms with Crippen LogP contribution in [-0.2, 0) is 4.79 Å². The van der Waals surface area contributed by atoms with E-state index < -0.39 is 11.8 Å². The van der Waals surface area contributed by atoms with Gasteiger partial charge in [-0.25, -0.2) is 10.5 Å². The summed E-state index contributed by atoms with van der Waals surface area (Å²) in [5, 5.41) is 9.11. The third-order valence-electron chi connectivity index (χ3n) is 3.73. The summed E-state index contributed by atoms with van der Waals surface area (Å²) in [5.74, 6) is 4.96. The zero-order valence-electron chi connectivity index (χ0n) is 13.4. The van der Waals surface area contributed by atoms with Crippen LogP contribution < -0.4 is 5.48 Å². The fourth-order valence-electron chi connectivity index (χ4n) is 2.57. The van der Waals surface area contributed by atoms with E-state index >= 15 is 0 Å². The highest BCUT2D eigenvalue weighted by atomic mass is 16.5. The van der Waals surface area contributed by atoms with E-state index in [1.807, 2.05) is 72.8 Å². The van der Waals surface area contributed by atoms with Crippen molar-refractivity contribution in [2.75, 3.05) is 0 Å². The van der Waals surface area contributed by atoms with Crippen LogP contribution >= 0.6 is 0 Å². The summed E-state index contributed by atoms with van der Waals surface area (Å²) in [6.07, 6.45) is 1.69. The van der Waals surface area contributed by atoms with Gasteiger partial charge in [-0.1, -0.05) is 54.5 Å². The molecule has 122 valence electrons. The highest BCUT2D eigenvalue weighted by molar-refractivity contribution is 5.86. The van der Waals surface area contributed by atoms with Gasteiger partial charge in [0, 0.05) is 11.8 Å². The quantitative estimate of drug-likeness (QED) is 0.441. The molecule has 0 saturated carbocycles. The van der Waals surface area contributed by atoms with Crippen molar-refractivity contribution >= 4 is 5.91 Å². The zero-order chi connectivity index (χ0) is 17.5. The van der Waals surface area contributed by atoms with Crippen LogP contribution in [0.1, 0.15) is 28.3 Å². The molecular weight excluding hydrogens is 312 g/mol. The molecule has 0 fully saturated rings. The molecule has 0 aliphatic carbocycles. The molecule has 0 bridgehead atoms. The highest BCUT2D eigenvalue weighted by Gasteiger charge is 2.22. The minimum atomic E-state index is -0.609. The van der Waals surface area contributed by atoms with E-state index in [4.69, 9.17) is 5.21 Å². The number of amides is 1. The Morgan fingerprint density at radius 3 is 2.40 bits per heavy atom. The van der Waals surface area contributed by atoms with Crippen LogP contribution in [0, 0.1) is 11.8 Å². The molecule has 1 atom stereocenters. The summed E-state index contributed by atoms with van der Waals surface area (Å²) < 4.78 is 0. The maximum atomic E-state index is 12.2. The van der Waals surface area contributed by atoms with Crippen molar-refractivity contribution in [1.29, 1.82) is 0 Å². The minimum absolute atomic E-state index is 0.485. The van der Waals surface area contributed by atoms with Crippen LogP contribution in [-0.4, -0.2) is 16.1 Å². The Kier molecular flexibility index (Phi) is 5.20. The Morgan fingerprint density at radius 1 is 0.920 bits per heavy atom. The first kappa shape index (κ1) is 16.4. The second-order valence-corrected chi connectivity index (χ2v) is 5.41. The minimum Gasteiger partial charge on any atom is -0.289 e. The summed E-state index contributed by atoms with van der Waals surface area (Å²) in [6, 6.07) is 22.3. The van der Waals surface area contributed by atoms with Gasteiger partial charge in [-0.2, -0.15) is 0 Å². The van der Waals surface area contributed by atoms with E-state index in [-0.39, 0.29) is 0 Å². The van der Waals surface area contributed by atoms with E-state index in [0.717, 1.165) is 16.7 Å². The molecule has 1 heterocycles. The molecule has 0 saturated heterocycles. The number of nitrogens with zero attached hydrogens (tertiary/aromatic N) is 1. The molecule has 0 aliphatic heterocycles. The van der Waals surface area contributed by atoms with Crippen LogP contribution in [0.5, 0.6) is 0 Å². The normalized spacial score (nSPS) is 11.1. The van der Waals surface area contributed by atoms with E-state index in [1.165, 1.54) is 0 Å². The van der Waals surface area contributed by atoms with Gasteiger partial charge in [0.15, 0.2) is 0 Å². The van der Waals surface area contributed by atoms with Crippen molar-refractivity contribution in [2.24, 2.45) is 0 Å². The van der Waals surface area contributed by atoms with Crippen LogP contribution in [0.15, 0.2) is 79.0 Å². The van der Waals surface area contributed by atoms with E-state index in [1.54, 1.807) is 11.7 Å². The average molecular weight is 328 g/mol. The molecule has 0 radical (unpaired) electrons. The Hall–Kier alpha value is -3.42. The SMILES string of the molecule is O=C(NO)C(c1ccccc1)c1cccc(C#Cc2ccccn2)c1. The molecule has 4 heteroatoms. The summed E-state index contributed by atoms with van der Waals surface area (Å²) in [4.78, 5) is 16.4. The molecule has 2 N–H and O–H groups in total. The number of hydrogen-bond acceptors (Lipinski definition) is 3. The number of benzene rings is 2. The number of hydroxylamine groups is 1. The number of rotatable bonds is 3. The van der Waals surface area contributed by atoms with Crippen molar-refractivity contribution in [3.63, 3.8) is 0 Å². The number of carbonyl (C=O) groups excluding carboxylic acids is 1. The molecule has 0 spiro atoms. The van der Waals surface area contributed by atoms with Gasteiger partial charge >= 0.3 is 0 Å². The number of hydrogen-bond donors (Lipinski definition) is 2. The predicted octanol–water partition coefficient (Wildman–Crippen LogP) is 3.12. The molecule has 4 nitrogen and oxygen atoms in total. The van der Waals surface area contributed by atoms with Crippen molar-refractivity contribution < 1.29 is 10.0 Å². The number of aromatic nitrogens is 1. The lowest BCUT2D eigenvalue weighted by Crippen LogP contribution is -2.27. The first-order valence-electron chi connectivity index (χ1n) is 7.80. The fourth-order valence-corrected chi connectivity index (χ4v) is 2.57. The van der Waals surface area contributed by atoms with Gasteiger partial charge in [-0.15, -0.1) is 0 Å². The number of carbonyl (C=O) groups is 1. The Labute approximate surface area is 146 Å². The largest absolute Gasteiger partial charge is 0.289 e. The summed E-state index contributed by atoms with van der Waals surface area (Å²) in [6.45, 7) is 0. The van der Waals surface area contributed by atoms with Crippen LogP contribution in [0.2, 0.25) is 0 Å². The third-order valence-corrected chi connectivity index (χ3v) is 3.73. The van der Waals surface area contributed by atoms with Crippen molar-refractivity contribution in [2.45, 2.75) is 5.92 Å². The molecular formula is C21H16N2O2. The molecule has 1 aromatic heterocycles. The third kappa shape index (κ3) is 4.11. The van der Waals surface area contributed by atoms with Crippen molar-refractivity contribution in [3.8, 4) is 11.8 Å². The summed E-state index contributed by atoms with van der Waals surface area (Å²) in [7, 11) is 0. The molecule has 2 aromatic carbocycles. The predicted molar refractivity (Wildman–Crippen MR) is 94.9 cm³/mol. The molecule has 1 unspecified atom stereocenters. The fraction of sp³-hybridized carbons (Fsp3) is 0.0476. The smallest absolute Gasteiger partial charge is 0.255 e. The first-order valence-corrected chi connectivity index (χ1v) is 7.80. The molecule has 3 rings (SSSR count). The Balaban J connectivity index is 1.96. The van der Waals surface area contributed by atoms with Crippen LogP contribution in [0.25, 0.3) is 0 Å². The maximum Gasteiger partial charge on any atom is 0.255 e. The van der Waals surface area contributed by atoms with Crippen LogP contribution in [0.4, 0.5) is 0 Å². The lowest BCUT2D eigenvalue weighted by atomic mass is 9.90. The summed E-state index contributed by atoms with van der Waals surface area (Å²) >= 11 is 0. The van der Waals surface area contributed by atoms with Gasteiger partial charge in [-0.3, -0.25) is 10.0 Å². The van der Waals surface area contributed by atoms with Gasteiger partial charge < -0.3 is 0 Å². The van der Waals surface area contributed by atoms with Crippen molar-refractivity contribution in [1.82, 2.24) is 10.5 Å². The lowest BCUT2D eigenvalue weighted by Gasteiger charge is -2.16. The number of pyridine rings is 1. The Morgan fingerprint density at radius 2 is 1.68 bits per heavy atom. The van der Waals surface area contributed by atoms with Gasteiger partial charge in [0.1, 0.15) is 5.69 Å². The molecule has 25 heavy (non-hydrogen) atoms. The summed E-state index contributed by atoms with van der Waals surface area (Å²) in [5.41, 5.74) is 4.76. The van der Waals surface area contributed by atoms with E-state index in [2.05, 4.69) is 16.8 Å². The van der Waals surface area contributed by atoms with Crippen molar-refractivity contribution in [3.05, 3.63) is 101 Å². The molecule has 0 aliphatic rings. The second kappa shape index (κ2) is 7.91. The van der Waals surface area contributed by atoms with Crippen LogP contribution in [0.3, 0.4) is 0 Å². The molecule has 3 aromatic rings. The lowest BCUT2D eigenvalue weighted by molar-refractivity contribution is -0.129. The highest BCUT2D eigenvalue weighted by Crippen LogP contribution is 2.25. The average Bonchev–Trinajstić information content (AvgIpc) is 2.68. The van der Waals surface area contributed by atoms with Gasteiger partial charge in [0.25, 0.3) is 5.91 Å². The zero-order valence-corrected chi connectivity index (χ0v) is 13.4. The van der Waals surface area contributed by atoms with Gasteiger partial charge in [0.2, 0.25) is 0 Å². The van der Waals surface area contributed by atoms with Gasteiger partial charge in [0.05, 0.1) is 5.92 Å². The van der Waals surface area contributed by atoms with E-state index in [9.17, 15) is 4.79 Å². The van der Waals surface area contributed by atoms with E-state index in [0.29, 0.717) is 5.69 Å². The monoisotopic (exact) mass is 328 g/mol. The maximum absolute atomic E-state index is 12.2. The standard InChI is InChI=1S/C21H16N2O2/c24-21(23-25)20(17-8-2-1-3-9-17)18-10-6-7-16(15-18)12-13-19-11-4-5-14-22-19/h1-11,14-15,20,25H,(H,23,24). The second-order valence-electron chi connectivity index (χ2n) is 5.41. The number of nitrogens with one attached hydrogen (secondary N) is 1. The van der Waals surface area contributed by atoms with Gasteiger partial charge in [-0.05, 0) is 41.3 Å². The topological polar surface area (TPSA) is 62.2 Å².